The summed E-state index contributed by atoms with van der Waals surface area (Å²) in [6, 6.07) is 1.53. The lowest BCUT2D eigenvalue weighted by Crippen LogP contribution is -2.01. The van der Waals surface area contributed by atoms with Crippen molar-refractivity contribution in [3.05, 3.63) is 34.9 Å². The second kappa shape index (κ2) is 3.10. The molecule has 0 saturated carbocycles. The quantitative estimate of drug-likeness (QED) is 0.394. The van der Waals surface area contributed by atoms with Gasteiger partial charge in [-0.05, 0) is 0 Å². The van der Waals surface area contributed by atoms with Gasteiger partial charge >= 0.3 is 0 Å². The lowest BCUT2D eigenvalue weighted by atomic mass is 10.2. The first-order chi connectivity index (χ1) is 5.57. The van der Waals surface area contributed by atoms with Crippen LogP contribution < -0.4 is 0 Å². The van der Waals surface area contributed by atoms with E-state index in [1.54, 1.807) is 0 Å². The standard InChI is InChI=1S/C7H3F4O/c8-4-1-3(2-12)5(9)7(11)6(4)10/h12H,2H2. The van der Waals surface area contributed by atoms with E-state index in [0.717, 1.165) is 0 Å². The van der Waals surface area contributed by atoms with Crippen molar-refractivity contribution in [2.75, 3.05) is 0 Å². The van der Waals surface area contributed by atoms with Crippen molar-refractivity contribution in [3.8, 4) is 0 Å². The van der Waals surface area contributed by atoms with Crippen LogP contribution in [0.5, 0.6) is 0 Å². The van der Waals surface area contributed by atoms with E-state index in [-0.39, 0.29) is 0 Å². The van der Waals surface area contributed by atoms with Crippen LogP contribution in [0.1, 0.15) is 5.56 Å². The van der Waals surface area contributed by atoms with Gasteiger partial charge in [-0.2, -0.15) is 0 Å². The lowest BCUT2D eigenvalue weighted by Gasteiger charge is -2.00. The minimum atomic E-state index is -1.93. The molecule has 0 fully saturated rings. The number of halogens is 4. The summed E-state index contributed by atoms with van der Waals surface area (Å²) < 4.78 is 49.3. The van der Waals surface area contributed by atoms with Gasteiger partial charge in [0.25, 0.3) is 0 Å². The molecule has 0 saturated heterocycles. The van der Waals surface area contributed by atoms with Crippen molar-refractivity contribution in [3.63, 3.8) is 0 Å². The number of benzene rings is 1. The maximum Gasteiger partial charge on any atom is 0.198 e. The summed E-state index contributed by atoms with van der Waals surface area (Å²) in [5, 5.41) is 8.33. The minimum absolute atomic E-state index is 0.730. The van der Waals surface area contributed by atoms with Crippen LogP contribution in [0, 0.1) is 29.3 Å². The molecule has 12 heavy (non-hydrogen) atoms. The van der Waals surface area contributed by atoms with E-state index in [4.69, 9.17) is 5.11 Å². The Morgan fingerprint density at radius 2 is 1.58 bits per heavy atom. The van der Waals surface area contributed by atoms with Crippen LogP contribution in [0.15, 0.2) is 0 Å². The van der Waals surface area contributed by atoms with Gasteiger partial charge in [0.2, 0.25) is 0 Å². The third-order valence-corrected chi connectivity index (χ3v) is 1.26. The fourth-order valence-electron chi connectivity index (χ4n) is 0.676. The topological polar surface area (TPSA) is 20.2 Å². The summed E-state index contributed by atoms with van der Waals surface area (Å²) >= 11 is 0. The molecule has 1 rings (SSSR count). The van der Waals surface area contributed by atoms with Crippen LogP contribution in [0.4, 0.5) is 17.6 Å². The molecular formula is C7H3F4O. The Balaban J connectivity index is 3.39. The van der Waals surface area contributed by atoms with Crippen molar-refractivity contribution < 1.29 is 22.7 Å². The predicted molar refractivity (Wildman–Crippen MR) is 31.0 cm³/mol. The molecule has 0 heterocycles. The Hall–Kier alpha value is -1.10. The van der Waals surface area contributed by atoms with E-state index in [2.05, 4.69) is 0 Å². The number of rotatable bonds is 1. The molecule has 0 aliphatic rings. The molecule has 0 unspecified atom stereocenters. The molecule has 1 aromatic carbocycles. The molecule has 0 aliphatic heterocycles. The first-order valence-electron chi connectivity index (χ1n) is 2.93. The number of aliphatic hydroxyl groups excluding tert-OH is 1. The van der Waals surface area contributed by atoms with Crippen LogP contribution >= 0.6 is 0 Å². The molecule has 1 aromatic rings. The third kappa shape index (κ3) is 1.27. The van der Waals surface area contributed by atoms with Crippen LogP contribution in [-0.2, 0) is 6.61 Å². The first-order valence-corrected chi connectivity index (χ1v) is 2.93. The Morgan fingerprint density at radius 3 is 2.08 bits per heavy atom. The second-order valence-corrected chi connectivity index (χ2v) is 2.02. The van der Waals surface area contributed by atoms with Crippen LogP contribution in [0.3, 0.4) is 0 Å². The molecule has 1 radical (unpaired) electrons. The summed E-state index contributed by atoms with van der Waals surface area (Å²) in [6.07, 6.45) is 0. The lowest BCUT2D eigenvalue weighted by molar-refractivity contribution is 0.269. The zero-order valence-corrected chi connectivity index (χ0v) is 5.67. The van der Waals surface area contributed by atoms with Crippen LogP contribution in [0.25, 0.3) is 0 Å². The molecule has 0 aliphatic carbocycles. The molecule has 1 N–H and O–H groups in total. The maximum atomic E-state index is 12.5. The number of aliphatic hydroxyl groups is 1. The fraction of sp³-hybridized carbons (Fsp3) is 0.143. The largest absolute Gasteiger partial charge is 0.392 e. The van der Waals surface area contributed by atoms with Gasteiger partial charge in [0.05, 0.1) is 6.61 Å². The van der Waals surface area contributed by atoms with E-state index >= 15 is 0 Å². The number of hydrogen-bond donors (Lipinski definition) is 1. The Labute approximate surface area is 65.3 Å². The van der Waals surface area contributed by atoms with Crippen molar-refractivity contribution in [2.24, 2.45) is 0 Å². The molecule has 0 amide bonds. The third-order valence-electron chi connectivity index (χ3n) is 1.26. The van der Waals surface area contributed by atoms with E-state index in [1.807, 2.05) is 0 Å². The predicted octanol–water partition coefficient (Wildman–Crippen LogP) is 1.54. The van der Waals surface area contributed by atoms with Gasteiger partial charge < -0.3 is 5.11 Å². The van der Waals surface area contributed by atoms with Crippen LogP contribution in [0.2, 0.25) is 0 Å². The molecule has 65 valence electrons. The molecule has 0 bridgehead atoms. The molecule has 0 aromatic heterocycles. The van der Waals surface area contributed by atoms with E-state index in [9.17, 15) is 17.6 Å². The highest BCUT2D eigenvalue weighted by atomic mass is 19.2. The summed E-state index contributed by atoms with van der Waals surface area (Å²) in [5.41, 5.74) is -0.730. The Bertz CT molecular complexity index is 311. The molecule has 0 atom stereocenters. The normalized spacial score (nSPS) is 10.4. The summed E-state index contributed by atoms with van der Waals surface area (Å²) in [5.74, 6) is -7.12. The molecule has 5 heteroatoms. The van der Waals surface area contributed by atoms with E-state index < -0.39 is 35.4 Å². The monoisotopic (exact) mass is 179 g/mol. The molecule has 1 nitrogen and oxygen atoms in total. The molecular weight excluding hydrogens is 176 g/mol. The van der Waals surface area contributed by atoms with Gasteiger partial charge in [0.1, 0.15) is 0 Å². The van der Waals surface area contributed by atoms with Gasteiger partial charge in [-0.3, -0.25) is 0 Å². The summed E-state index contributed by atoms with van der Waals surface area (Å²) in [7, 11) is 0. The zero-order chi connectivity index (χ0) is 9.30. The average Bonchev–Trinajstić information content (AvgIpc) is 2.08. The summed E-state index contributed by atoms with van der Waals surface area (Å²) in [6.45, 7) is -0.931. The van der Waals surface area contributed by atoms with E-state index in [1.165, 1.54) is 6.07 Å². The van der Waals surface area contributed by atoms with Crippen LogP contribution in [-0.4, -0.2) is 5.11 Å². The molecule has 0 spiro atoms. The maximum absolute atomic E-state index is 12.5. The van der Waals surface area contributed by atoms with Crippen molar-refractivity contribution in [2.45, 2.75) is 6.61 Å². The first kappa shape index (κ1) is 8.99. The smallest absolute Gasteiger partial charge is 0.198 e. The average molecular weight is 179 g/mol. The highest BCUT2D eigenvalue weighted by molar-refractivity contribution is 5.19. The van der Waals surface area contributed by atoms with Gasteiger partial charge in [0.15, 0.2) is 23.3 Å². The zero-order valence-electron chi connectivity index (χ0n) is 5.67. The van der Waals surface area contributed by atoms with E-state index in [0.29, 0.717) is 0 Å². The summed E-state index contributed by atoms with van der Waals surface area (Å²) in [4.78, 5) is 0. The van der Waals surface area contributed by atoms with Gasteiger partial charge in [-0.1, -0.05) is 0 Å². The Morgan fingerprint density at radius 1 is 1.00 bits per heavy atom. The fourth-order valence-corrected chi connectivity index (χ4v) is 0.676. The van der Waals surface area contributed by atoms with Gasteiger partial charge in [0, 0.05) is 11.6 Å². The highest BCUT2D eigenvalue weighted by Gasteiger charge is 2.18. The van der Waals surface area contributed by atoms with Crippen molar-refractivity contribution >= 4 is 0 Å². The highest BCUT2D eigenvalue weighted by Crippen LogP contribution is 2.17. The number of hydrogen-bond acceptors (Lipinski definition) is 1. The van der Waals surface area contributed by atoms with Gasteiger partial charge in [-0.15, -0.1) is 0 Å². The van der Waals surface area contributed by atoms with Gasteiger partial charge in [-0.25, -0.2) is 17.6 Å². The minimum Gasteiger partial charge on any atom is -0.392 e. The van der Waals surface area contributed by atoms with Crippen molar-refractivity contribution in [1.82, 2.24) is 0 Å². The van der Waals surface area contributed by atoms with Crippen molar-refractivity contribution in [1.29, 1.82) is 0 Å². The SMILES string of the molecule is OCc1[c]c(F)c(F)c(F)c1F. The Kier molecular flexibility index (Phi) is 2.32. The second-order valence-electron chi connectivity index (χ2n) is 2.02.